The van der Waals surface area contributed by atoms with Crippen molar-refractivity contribution in [3.63, 3.8) is 0 Å². The summed E-state index contributed by atoms with van der Waals surface area (Å²) in [6.45, 7) is 2.17. The van der Waals surface area contributed by atoms with Crippen molar-refractivity contribution in [3.8, 4) is 0 Å². The lowest BCUT2D eigenvalue weighted by Crippen LogP contribution is -2.22. The van der Waals surface area contributed by atoms with Crippen LogP contribution < -0.4 is 10.9 Å². The van der Waals surface area contributed by atoms with Crippen molar-refractivity contribution in [2.45, 2.75) is 13.5 Å². The molecule has 0 radical (unpaired) electrons. The zero-order valence-electron chi connectivity index (χ0n) is 14.0. The molecule has 0 aliphatic rings. The van der Waals surface area contributed by atoms with E-state index in [2.05, 4.69) is 5.32 Å². The summed E-state index contributed by atoms with van der Waals surface area (Å²) < 4.78 is 1.45. The van der Waals surface area contributed by atoms with Gasteiger partial charge in [0.05, 0.1) is 12.1 Å². The van der Waals surface area contributed by atoms with Crippen molar-refractivity contribution in [2.24, 2.45) is 0 Å². The SMILES string of the molecule is Cc1ccccc1NC(=O)c1ccc(=O)n(Cc2ccc(Cl)cc2Cl)c1. The van der Waals surface area contributed by atoms with E-state index in [0.29, 0.717) is 15.6 Å². The Labute approximate surface area is 161 Å². The van der Waals surface area contributed by atoms with Crippen LogP contribution in [-0.4, -0.2) is 10.5 Å². The number of halogens is 2. The fraction of sp³-hybridized carbons (Fsp3) is 0.100. The summed E-state index contributed by atoms with van der Waals surface area (Å²) in [7, 11) is 0. The van der Waals surface area contributed by atoms with Gasteiger partial charge in [0.15, 0.2) is 0 Å². The molecule has 0 fully saturated rings. The summed E-state index contributed by atoms with van der Waals surface area (Å²) in [5.74, 6) is -0.282. The molecule has 0 aliphatic carbocycles. The van der Waals surface area contributed by atoms with Crippen LogP contribution >= 0.6 is 23.2 Å². The molecule has 2 aromatic carbocycles. The van der Waals surface area contributed by atoms with Gasteiger partial charge in [-0.3, -0.25) is 9.59 Å². The zero-order chi connectivity index (χ0) is 18.7. The number of carbonyl (C=O) groups is 1. The number of rotatable bonds is 4. The van der Waals surface area contributed by atoms with E-state index < -0.39 is 0 Å². The molecule has 0 atom stereocenters. The molecule has 1 heterocycles. The van der Waals surface area contributed by atoms with E-state index in [1.807, 2.05) is 31.2 Å². The van der Waals surface area contributed by atoms with Crippen molar-refractivity contribution in [2.75, 3.05) is 5.32 Å². The molecular weight excluding hydrogens is 371 g/mol. The van der Waals surface area contributed by atoms with Gasteiger partial charge in [-0.15, -0.1) is 0 Å². The van der Waals surface area contributed by atoms with E-state index in [9.17, 15) is 9.59 Å². The molecule has 1 aromatic heterocycles. The highest BCUT2D eigenvalue weighted by Crippen LogP contribution is 2.21. The van der Waals surface area contributed by atoms with Gasteiger partial charge in [0.1, 0.15) is 0 Å². The van der Waals surface area contributed by atoms with E-state index in [-0.39, 0.29) is 18.0 Å². The average Bonchev–Trinajstić information content (AvgIpc) is 2.61. The van der Waals surface area contributed by atoms with Gasteiger partial charge < -0.3 is 9.88 Å². The van der Waals surface area contributed by atoms with Crippen LogP contribution in [0.3, 0.4) is 0 Å². The summed E-state index contributed by atoms with van der Waals surface area (Å²) in [6, 6.07) is 15.5. The molecule has 132 valence electrons. The molecule has 3 aromatic rings. The number of para-hydroxylation sites is 1. The normalized spacial score (nSPS) is 10.6. The summed E-state index contributed by atoms with van der Waals surface area (Å²) in [5.41, 5.74) is 2.61. The Hall–Kier alpha value is -2.56. The summed E-state index contributed by atoms with van der Waals surface area (Å²) >= 11 is 12.1. The van der Waals surface area contributed by atoms with Crippen LogP contribution in [0.4, 0.5) is 5.69 Å². The highest BCUT2D eigenvalue weighted by Gasteiger charge is 2.10. The first-order valence-corrected chi connectivity index (χ1v) is 8.71. The third kappa shape index (κ3) is 4.15. The van der Waals surface area contributed by atoms with Crippen LogP contribution in [0.1, 0.15) is 21.5 Å². The van der Waals surface area contributed by atoms with Gasteiger partial charge in [-0.05, 0) is 42.3 Å². The third-order valence-electron chi connectivity index (χ3n) is 3.99. The monoisotopic (exact) mass is 386 g/mol. The van der Waals surface area contributed by atoms with Gasteiger partial charge in [-0.2, -0.15) is 0 Å². The highest BCUT2D eigenvalue weighted by molar-refractivity contribution is 6.35. The van der Waals surface area contributed by atoms with E-state index in [1.165, 1.54) is 22.9 Å². The molecule has 0 aliphatic heterocycles. The Morgan fingerprint density at radius 2 is 1.85 bits per heavy atom. The number of nitrogens with zero attached hydrogens (tertiary/aromatic N) is 1. The molecule has 6 heteroatoms. The maximum atomic E-state index is 12.5. The molecule has 0 saturated carbocycles. The van der Waals surface area contributed by atoms with Gasteiger partial charge in [0.25, 0.3) is 11.5 Å². The Morgan fingerprint density at radius 3 is 2.58 bits per heavy atom. The molecule has 3 rings (SSSR count). The van der Waals surface area contributed by atoms with Crippen molar-refractivity contribution < 1.29 is 4.79 Å². The molecule has 1 N–H and O–H groups in total. The highest BCUT2D eigenvalue weighted by atomic mass is 35.5. The Balaban J connectivity index is 1.86. The van der Waals surface area contributed by atoms with E-state index in [1.54, 1.807) is 18.2 Å². The standard InChI is InChI=1S/C20H16Cl2N2O2/c1-13-4-2-3-5-18(13)23-20(26)15-7-9-19(25)24(12-15)11-14-6-8-16(21)10-17(14)22/h2-10,12H,11H2,1H3,(H,23,26). The van der Waals surface area contributed by atoms with Crippen LogP contribution in [0.25, 0.3) is 0 Å². The summed E-state index contributed by atoms with van der Waals surface area (Å²) in [4.78, 5) is 24.7. The number of carbonyl (C=O) groups excluding carboxylic acids is 1. The molecule has 0 saturated heterocycles. The fourth-order valence-electron chi connectivity index (χ4n) is 2.53. The number of hydrogen-bond donors (Lipinski definition) is 1. The first-order chi connectivity index (χ1) is 12.4. The molecule has 26 heavy (non-hydrogen) atoms. The topological polar surface area (TPSA) is 51.1 Å². The second-order valence-electron chi connectivity index (χ2n) is 5.89. The number of pyridine rings is 1. The van der Waals surface area contributed by atoms with Crippen molar-refractivity contribution in [3.05, 3.63) is 97.9 Å². The number of aryl methyl sites for hydroxylation is 1. The predicted molar refractivity (Wildman–Crippen MR) is 105 cm³/mol. The minimum absolute atomic E-state index is 0.219. The minimum Gasteiger partial charge on any atom is -0.322 e. The van der Waals surface area contributed by atoms with Crippen LogP contribution in [-0.2, 0) is 6.54 Å². The largest absolute Gasteiger partial charge is 0.322 e. The third-order valence-corrected chi connectivity index (χ3v) is 4.58. The minimum atomic E-state index is -0.282. The van der Waals surface area contributed by atoms with E-state index >= 15 is 0 Å². The maximum Gasteiger partial charge on any atom is 0.257 e. The number of nitrogens with one attached hydrogen (secondary N) is 1. The summed E-state index contributed by atoms with van der Waals surface area (Å²) in [6.07, 6.45) is 1.53. The second kappa shape index (κ2) is 7.77. The van der Waals surface area contributed by atoms with E-state index in [4.69, 9.17) is 23.2 Å². The van der Waals surface area contributed by atoms with Crippen molar-refractivity contribution in [1.29, 1.82) is 0 Å². The zero-order valence-corrected chi connectivity index (χ0v) is 15.5. The van der Waals surface area contributed by atoms with Gasteiger partial charge in [0, 0.05) is 28.0 Å². The lowest BCUT2D eigenvalue weighted by molar-refractivity contribution is 0.102. The Bertz CT molecular complexity index is 1030. The molecule has 0 unspecified atom stereocenters. The van der Waals surface area contributed by atoms with Gasteiger partial charge in [0.2, 0.25) is 0 Å². The molecule has 0 spiro atoms. The fourth-order valence-corrected chi connectivity index (χ4v) is 3.00. The van der Waals surface area contributed by atoms with Gasteiger partial charge in [-0.25, -0.2) is 0 Å². The molecule has 4 nitrogen and oxygen atoms in total. The van der Waals surface area contributed by atoms with Crippen LogP contribution in [0, 0.1) is 6.92 Å². The molecule has 0 bridgehead atoms. The lowest BCUT2D eigenvalue weighted by atomic mass is 10.2. The molecule has 1 amide bonds. The maximum absolute atomic E-state index is 12.5. The number of anilines is 1. The van der Waals surface area contributed by atoms with E-state index in [0.717, 1.165) is 16.8 Å². The second-order valence-corrected chi connectivity index (χ2v) is 6.73. The quantitative estimate of drug-likeness (QED) is 0.702. The first-order valence-electron chi connectivity index (χ1n) is 7.95. The number of hydrogen-bond acceptors (Lipinski definition) is 2. The van der Waals surface area contributed by atoms with Crippen LogP contribution in [0.15, 0.2) is 65.6 Å². The van der Waals surface area contributed by atoms with Crippen LogP contribution in [0.5, 0.6) is 0 Å². The summed E-state index contributed by atoms with van der Waals surface area (Å²) in [5, 5.41) is 3.85. The van der Waals surface area contributed by atoms with Gasteiger partial charge >= 0.3 is 0 Å². The first kappa shape index (κ1) is 18.2. The average molecular weight is 387 g/mol. The number of benzene rings is 2. The number of aromatic nitrogens is 1. The Morgan fingerprint density at radius 1 is 1.08 bits per heavy atom. The van der Waals surface area contributed by atoms with Crippen molar-refractivity contribution >= 4 is 34.8 Å². The smallest absolute Gasteiger partial charge is 0.257 e. The Kier molecular flexibility index (Phi) is 5.45. The van der Waals surface area contributed by atoms with Crippen molar-refractivity contribution in [1.82, 2.24) is 4.57 Å². The van der Waals surface area contributed by atoms with Gasteiger partial charge in [-0.1, -0.05) is 47.5 Å². The lowest BCUT2D eigenvalue weighted by Gasteiger charge is -2.11. The number of amides is 1. The van der Waals surface area contributed by atoms with Crippen LogP contribution in [0.2, 0.25) is 10.0 Å². The molecular formula is C20H16Cl2N2O2. The predicted octanol–water partition coefficient (Wildman–Crippen LogP) is 4.76.